The summed E-state index contributed by atoms with van der Waals surface area (Å²) in [5, 5.41) is -1.39. The van der Waals surface area contributed by atoms with E-state index in [4.69, 9.17) is 21.1 Å². The molecule has 2 unspecified atom stereocenters. The predicted octanol–water partition coefficient (Wildman–Crippen LogP) is 2.68. The van der Waals surface area contributed by atoms with Crippen LogP contribution in [0.2, 0.25) is 0 Å². The minimum Gasteiger partial charge on any atom is -0.466 e. The molecule has 0 bridgehead atoms. The van der Waals surface area contributed by atoms with E-state index in [2.05, 4.69) is 0 Å². The number of hydrogen-bond donors (Lipinski definition) is 0. The van der Waals surface area contributed by atoms with E-state index in [1.807, 2.05) is 44.2 Å². The van der Waals surface area contributed by atoms with Crippen molar-refractivity contribution in [2.75, 3.05) is 7.11 Å². The highest BCUT2D eigenvalue weighted by Gasteiger charge is 2.77. The van der Waals surface area contributed by atoms with Crippen LogP contribution in [0.3, 0.4) is 0 Å². The molecule has 1 fully saturated rings. The summed E-state index contributed by atoms with van der Waals surface area (Å²) in [6.45, 7) is 3.94. The molecule has 1 heterocycles. The van der Waals surface area contributed by atoms with Crippen LogP contribution in [0.4, 0.5) is 0 Å². The maximum absolute atomic E-state index is 11.7. The van der Waals surface area contributed by atoms with Crippen molar-refractivity contribution in [3.8, 4) is 0 Å². The normalized spacial score (nSPS) is 31.4. The van der Waals surface area contributed by atoms with Gasteiger partial charge >= 0.3 is 5.97 Å². The highest BCUT2D eigenvalue weighted by atomic mass is 35.5. The molecule has 1 aliphatic rings. The third-order valence-electron chi connectivity index (χ3n) is 3.20. The van der Waals surface area contributed by atoms with Crippen LogP contribution in [0.1, 0.15) is 19.4 Å². The highest BCUT2D eigenvalue weighted by Crippen LogP contribution is 2.63. The molecule has 0 N–H and O–H groups in total. The molecule has 0 saturated carbocycles. The fourth-order valence-electron chi connectivity index (χ4n) is 2.27. The van der Waals surface area contributed by atoms with Crippen molar-refractivity contribution < 1.29 is 14.3 Å². The van der Waals surface area contributed by atoms with Crippen LogP contribution in [-0.2, 0) is 19.9 Å². The molecule has 0 aromatic heterocycles. The maximum Gasteiger partial charge on any atom is 0.357 e. The summed E-state index contributed by atoms with van der Waals surface area (Å²) < 4.78 is 10.3. The van der Waals surface area contributed by atoms with E-state index in [0.29, 0.717) is 0 Å². The van der Waals surface area contributed by atoms with Crippen molar-refractivity contribution in [1.29, 1.82) is 0 Å². The van der Waals surface area contributed by atoms with Gasteiger partial charge in [0.2, 0.25) is 0 Å². The Bertz CT molecular complexity index is 432. The van der Waals surface area contributed by atoms with E-state index < -0.39 is 16.6 Å². The quantitative estimate of drug-likeness (QED) is 0.473. The zero-order valence-corrected chi connectivity index (χ0v) is 10.8. The number of hydrogen-bond acceptors (Lipinski definition) is 3. The van der Waals surface area contributed by atoms with Crippen LogP contribution in [0.15, 0.2) is 30.3 Å². The Morgan fingerprint density at radius 1 is 1.35 bits per heavy atom. The second-order valence-corrected chi connectivity index (χ2v) is 4.98. The van der Waals surface area contributed by atoms with E-state index >= 15 is 0 Å². The number of carbonyl (C=O) groups is 1. The van der Waals surface area contributed by atoms with Crippen LogP contribution in [0, 0.1) is 5.92 Å². The van der Waals surface area contributed by atoms with Crippen LogP contribution >= 0.6 is 11.6 Å². The fraction of sp³-hybridized carbons (Fsp3) is 0.462. The van der Waals surface area contributed by atoms with Gasteiger partial charge in [-0.15, -0.1) is 0 Å². The first-order valence-electron chi connectivity index (χ1n) is 5.52. The lowest BCUT2D eigenvalue weighted by Gasteiger charge is -2.19. The minimum absolute atomic E-state index is 0.0708. The number of halogens is 1. The lowest BCUT2D eigenvalue weighted by Crippen LogP contribution is -2.32. The van der Waals surface area contributed by atoms with E-state index in [9.17, 15) is 4.79 Å². The van der Waals surface area contributed by atoms with Crippen LogP contribution < -0.4 is 0 Å². The molecule has 1 aromatic carbocycles. The van der Waals surface area contributed by atoms with Gasteiger partial charge in [-0.1, -0.05) is 55.8 Å². The first-order chi connectivity index (χ1) is 7.99. The smallest absolute Gasteiger partial charge is 0.357 e. The standard InChI is InChI=1S/C13H15ClO3/c1-9(2)12(10-7-5-4-6-8-10)13(14,17-12)11(15)16-3/h4-9H,1-3H3. The molecule has 0 radical (unpaired) electrons. The second-order valence-electron chi connectivity index (χ2n) is 4.45. The summed E-state index contributed by atoms with van der Waals surface area (Å²) in [7, 11) is 1.31. The maximum atomic E-state index is 11.7. The average Bonchev–Trinajstić information content (AvgIpc) is 2.99. The van der Waals surface area contributed by atoms with Gasteiger partial charge in [-0.25, -0.2) is 4.79 Å². The average molecular weight is 255 g/mol. The molecule has 2 atom stereocenters. The number of methoxy groups -OCH3 is 1. The molecule has 1 aromatic rings. The number of esters is 1. The van der Waals surface area contributed by atoms with Crippen LogP contribution in [-0.4, -0.2) is 18.1 Å². The molecule has 0 aliphatic carbocycles. The topological polar surface area (TPSA) is 38.8 Å². The van der Waals surface area contributed by atoms with Gasteiger partial charge in [0, 0.05) is 0 Å². The number of alkyl halides is 1. The monoisotopic (exact) mass is 254 g/mol. The second kappa shape index (κ2) is 4.00. The molecule has 1 aliphatic heterocycles. The Kier molecular flexibility index (Phi) is 2.92. The molecule has 1 saturated heterocycles. The van der Waals surface area contributed by atoms with E-state index in [1.54, 1.807) is 0 Å². The van der Waals surface area contributed by atoms with Gasteiger partial charge in [0.25, 0.3) is 5.06 Å². The minimum atomic E-state index is -1.39. The zero-order valence-electron chi connectivity index (χ0n) is 10.1. The van der Waals surface area contributed by atoms with Gasteiger partial charge in [0.1, 0.15) is 0 Å². The Balaban J connectivity index is 2.43. The Morgan fingerprint density at radius 2 is 1.94 bits per heavy atom. The predicted molar refractivity (Wildman–Crippen MR) is 64.6 cm³/mol. The van der Waals surface area contributed by atoms with Gasteiger partial charge in [0.05, 0.1) is 7.11 Å². The first-order valence-corrected chi connectivity index (χ1v) is 5.90. The summed E-state index contributed by atoms with van der Waals surface area (Å²) in [5.74, 6) is -0.474. The van der Waals surface area contributed by atoms with Crippen molar-refractivity contribution in [3.63, 3.8) is 0 Å². The number of carbonyl (C=O) groups excluding carboxylic acids is 1. The fourth-order valence-corrected chi connectivity index (χ4v) is 2.80. The largest absolute Gasteiger partial charge is 0.466 e. The number of ether oxygens (including phenoxy) is 2. The molecule has 0 spiro atoms. The Labute approximate surface area is 106 Å². The summed E-state index contributed by atoms with van der Waals surface area (Å²) in [6.07, 6.45) is 0. The summed E-state index contributed by atoms with van der Waals surface area (Å²) >= 11 is 6.25. The molecule has 0 amide bonds. The lowest BCUT2D eigenvalue weighted by molar-refractivity contribution is -0.143. The van der Waals surface area contributed by atoms with E-state index in [1.165, 1.54) is 7.11 Å². The van der Waals surface area contributed by atoms with Gasteiger partial charge in [-0.05, 0) is 11.5 Å². The van der Waals surface area contributed by atoms with Gasteiger partial charge in [0.15, 0.2) is 5.60 Å². The van der Waals surface area contributed by atoms with Gasteiger partial charge < -0.3 is 9.47 Å². The summed E-state index contributed by atoms with van der Waals surface area (Å²) in [6, 6.07) is 9.53. The summed E-state index contributed by atoms with van der Waals surface area (Å²) in [4.78, 5) is 11.7. The Morgan fingerprint density at radius 3 is 2.41 bits per heavy atom. The van der Waals surface area contributed by atoms with Crippen LogP contribution in [0.25, 0.3) is 0 Å². The van der Waals surface area contributed by atoms with Crippen molar-refractivity contribution >= 4 is 17.6 Å². The third-order valence-corrected chi connectivity index (χ3v) is 3.71. The molecule has 3 nitrogen and oxygen atoms in total. The SMILES string of the molecule is COC(=O)C1(Cl)OC1(c1ccccc1)C(C)C. The van der Waals surface area contributed by atoms with Gasteiger partial charge in [-0.2, -0.15) is 0 Å². The summed E-state index contributed by atoms with van der Waals surface area (Å²) in [5.41, 5.74) is 0.110. The molecular formula is C13H15ClO3. The van der Waals surface area contributed by atoms with Crippen LogP contribution in [0.5, 0.6) is 0 Å². The zero-order chi connectivity index (χ0) is 12.7. The molecular weight excluding hydrogens is 240 g/mol. The van der Waals surface area contributed by atoms with E-state index in [-0.39, 0.29) is 5.92 Å². The third kappa shape index (κ3) is 1.57. The molecule has 4 heteroatoms. The number of benzene rings is 1. The molecule has 2 rings (SSSR count). The number of epoxide rings is 1. The Hall–Kier alpha value is -1.06. The van der Waals surface area contributed by atoms with Crippen molar-refractivity contribution in [1.82, 2.24) is 0 Å². The van der Waals surface area contributed by atoms with Crippen molar-refractivity contribution in [2.24, 2.45) is 5.92 Å². The van der Waals surface area contributed by atoms with Crippen molar-refractivity contribution in [3.05, 3.63) is 35.9 Å². The first kappa shape index (κ1) is 12.4. The number of rotatable bonds is 3. The highest BCUT2D eigenvalue weighted by molar-refractivity contribution is 6.36. The van der Waals surface area contributed by atoms with E-state index in [0.717, 1.165) is 5.56 Å². The molecule has 92 valence electrons. The van der Waals surface area contributed by atoms with Crippen molar-refractivity contribution in [2.45, 2.75) is 24.5 Å². The van der Waals surface area contributed by atoms with Gasteiger partial charge in [-0.3, -0.25) is 0 Å². The lowest BCUT2D eigenvalue weighted by atomic mass is 9.85. The molecule has 17 heavy (non-hydrogen) atoms.